The minimum Gasteiger partial charge on any atom is -0.486 e. The molecule has 2 aromatic carbocycles. The summed E-state index contributed by atoms with van der Waals surface area (Å²) in [5.74, 6) is 1.01. The van der Waals surface area contributed by atoms with Crippen LogP contribution in [-0.4, -0.2) is 41.3 Å². The summed E-state index contributed by atoms with van der Waals surface area (Å²) in [5, 5.41) is 7.34. The number of carbonyl (C=O) groups excluding carboxylic acids is 1. The van der Waals surface area contributed by atoms with Gasteiger partial charge in [-0.15, -0.1) is 0 Å². The van der Waals surface area contributed by atoms with Gasteiger partial charge in [-0.25, -0.2) is 0 Å². The Bertz CT molecular complexity index is 921. The molecule has 0 unspecified atom stereocenters. The van der Waals surface area contributed by atoms with Gasteiger partial charge in [0.05, 0.1) is 23.5 Å². The minimum atomic E-state index is -0.122. The Kier molecular flexibility index (Phi) is 4.31. The maximum absolute atomic E-state index is 12.9. The Hall–Kier alpha value is -3.28. The lowest BCUT2D eigenvalue weighted by Gasteiger charge is -2.23. The summed E-state index contributed by atoms with van der Waals surface area (Å²) in [5.41, 5.74) is 3.26. The molecule has 1 N–H and O–H groups in total. The van der Waals surface area contributed by atoms with Crippen LogP contribution in [0.5, 0.6) is 11.5 Å². The van der Waals surface area contributed by atoms with E-state index in [1.54, 1.807) is 24.1 Å². The molecule has 3 aromatic rings. The van der Waals surface area contributed by atoms with Gasteiger partial charge in [-0.2, -0.15) is 5.10 Å². The Morgan fingerprint density at radius 2 is 1.92 bits per heavy atom. The molecule has 0 radical (unpaired) electrons. The average molecular weight is 349 g/mol. The summed E-state index contributed by atoms with van der Waals surface area (Å²) in [6.45, 7) is 1.36. The topological polar surface area (TPSA) is 67.5 Å². The van der Waals surface area contributed by atoms with Gasteiger partial charge in [0.25, 0.3) is 5.91 Å². The molecule has 1 aliphatic heterocycles. The van der Waals surface area contributed by atoms with Crippen molar-refractivity contribution in [3.8, 4) is 22.8 Å². The summed E-state index contributed by atoms with van der Waals surface area (Å²) in [4.78, 5) is 14.5. The molecule has 0 fully saturated rings. The van der Waals surface area contributed by atoms with Crippen LogP contribution in [-0.2, 0) is 6.54 Å². The van der Waals surface area contributed by atoms with Crippen LogP contribution in [0.15, 0.2) is 54.6 Å². The van der Waals surface area contributed by atoms with Crippen molar-refractivity contribution in [3.63, 3.8) is 0 Å². The number of aromatic nitrogens is 2. The normalized spacial score (nSPS) is 12.7. The second-order valence-electron chi connectivity index (χ2n) is 6.14. The number of carbonyl (C=O) groups is 1. The fraction of sp³-hybridized carbons (Fsp3) is 0.200. The van der Waals surface area contributed by atoms with Crippen molar-refractivity contribution in [1.82, 2.24) is 15.1 Å². The van der Waals surface area contributed by atoms with Crippen LogP contribution in [0.4, 0.5) is 0 Å². The molecule has 6 nitrogen and oxygen atoms in total. The summed E-state index contributed by atoms with van der Waals surface area (Å²) in [6, 6.07) is 17.2. The van der Waals surface area contributed by atoms with Crippen molar-refractivity contribution in [2.45, 2.75) is 6.54 Å². The fourth-order valence-corrected chi connectivity index (χ4v) is 2.97. The molecule has 6 heteroatoms. The third kappa shape index (κ3) is 3.13. The lowest BCUT2D eigenvalue weighted by atomic mass is 10.1. The first kappa shape index (κ1) is 16.2. The van der Waals surface area contributed by atoms with Gasteiger partial charge in [0.2, 0.25) is 0 Å². The summed E-state index contributed by atoms with van der Waals surface area (Å²) >= 11 is 0. The lowest BCUT2D eigenvalue weighted by Crippen LogP contribution is -2.28. The summed E-state index contributed by atoms with van der Waals surface area (Å²) < 4.78 is 11.2. The van der Waals surface area contributed by atoms with Gasteiger partial charge >= 0.3 is 0 Å². The van der Waals surface area contributed by atoms with Crippen molar-refractivity contribution in [3.05, 3.63) is 65.9 Å². The van der Waals surface area contributed by atoms with E-state index in [-0.39, 0.29) is 5.91 Å². The van der Waals surface area contributed by atoms with Crippen molar-refractivity contribution in [2.24, 2.45) is 0 Å². The molecule has 2 heterocycles. The number of nitrogens with zero attached hydrogens (tertiary/aromatic N) is 2. The molecule has 0 bridgehead atoms. The van der Waals surface area contributed by atoms with Crippen molar-refractivity contribution < 1.29 is 14.3 Å². The molecule has 0 aliphatic carbocycles. The molecule has 0 atom stereocenters. The molecule has 4 rings (SSSR count). The molecule has 26 heavy (non-hydrogen) atoms. The Balaban J connectivity index is 1.51. The van der Waals surface area contributed by atoms with Gasteiger partial charge in [-0.3, -0.25) is 9.89 Å². The molecular weight excluding hydrogens is 330 g/mol. The minimum absolute atomic E-state index is 0.122. The zero-order valence-electron chi connectivity index (χ0n) is 14.4. The van der Waals surface area contributed by atoms with Crippen molar-refractivity contribution in [1.29, 1.82) is 0 Å². The van der Waals surface area contributed by atoms with E-state index in [0.29, 0.717) is 36.8 Å². The van der Waals surface area contributed by atoms with E-state index >= 15 is 0 Å². The van der Waals surface area contributed by atoms with Crippen molar-refractivity contribution in [2.75, 3.05) is 20.3 Å². The maximum atomic E-state index is 12.9. The number of amides is 1. The highest BCUT2D eigenvalue weighted by molar-refractivity contribution is 5.97. The van der Waals surface area contributed by atoms with Gasteiger partial charge < -0.3 is 14.4 Å². The predicted octanol–water partition coefficient (Wildman–Crippen LogP) is 3.12. The molecule has 1 aromatic heterocycles. The smallest absolute Gasteiger partial charge is 0.257 e. The van der Waals surface area contributed by atoms with E-state index in [0.717, 1.165) is 17.0 Å². The SMILES string of the molecule is CN(Cc1cc(-c2ccccc2)n[nH]1)C(=O)c1cccc2c1OCCO2. The number of benzene rings is 2. The lowest BCUT2D eigenvalue weighted by molar-refractivity contribution is 0.0772. The molecule has 1 amide bonds. The van der Waals surface area contributed by atoms with E-state index in [2.05, 4.69) is 10.2 Å². The number of ether oxygens (including phenoxy) is 2. The van der Waals surface area contributed by atoms with E-state index in [1.165, 1.54) is 0 Å². The number of rotatable bonds is 4. The van der Waals surface area contributed by atoms with E-state index in [1.807, 2.05) is 42.5 Å². The molecule has 0 saturated heterocycles. The highest BCUT2D eigenvalue weighted by Crippen LogP contribution is 2.34. The van der Waals surface area contributed by atoms with Gasteiger partial charge in [-0.1, -0.05) is 36.4 Å². The largest absolute Gasteiger partial charge is 0.486 e. The Morgan fingerprint density at radius 3 is 2.77 bits per heavy atom. The zero-order chi connectivity index (χ0) is 17.9. The quantitative estimate of drug-likeness (QED) is 0.786. The highest BCUT2D eigenvalue weighted by atomic mass is 16.6. The van der Waals surface area contributed by atoms with E-state index < -0.39 is 0 Å². The number of H-pyrrole nitrogens is 1. The first-order valence-corrected chi connectivity index (χ1v) is 8.46. The molecular formula is C20H19N3O3. The number of para-hydroxylation sites is 1. The monoisotopic (exact) mass is 349 g/mol. The molecule has 132 valence electrons. The number of hydrogen-bond donors (Lipinski definition) is 1. The average Bonchev–Trinajstić information content (AvgIpc) is 3.16. The second-order valence-corrected chi connectivity index (χ2v) is 6.14. The number of fused-ring (bicyclic) bond motifs is 1. The first-order chi connectivity index (χ1) is 12.7. The van der Waals surface area contributed by atoms with Crippen LogP contribution in [0.1, 0.15) is 16.1 Å². The van der Waals surface area contributed by atoms with Gasteiger partial charge in [-0.05, 0) is 18.2 Å². The molecule has 1 aliphatic rings. The number of nitrogens with one attached hydrogen (secondary N) is 1. The van der Waals surface area contributed by atoms with Crippen LogP contribution in [0.3, 0.4) is 0 Å². The summed E-state index contributed by atoms with van der Waals surface area (Å²) in [7, 11) is 1.76. The summed E-state index contributed by atoms with van der Waals surface area (Å²) in [6.07, 6.45) is 0. The fourth-order valence-electron chi connectivity index (χ4n) is 2.97. The first-order valence-electron chi connectivity index (χ1n) is 8.46. The zero-order valence-corrected chi connectivity index (χ0v) is 14.4. The predicted molar refractivity (Wildman–Crippen MR) is 97.3 cm³/mol. The van der Waals surface area contributed by atoms with Crippen molar-refractivity contribution >= 4 is 5.91 Å². The standard InChI is InChI=1S/C20H19N3O3/c1-23(13-15-12-17(22-21-15)14-6-3-2-4-7-14)20(24)16-8-5-9-18-19(16)26-11-10-25-18/h2-9,12H,10-11,13H2,1H3,(H,21,22). The van der Waals surface area contributed by atoms with Crippen LogP contribution in [0, 0.1) is 0 Å². The second kappa shape index (κ2) is 6.92. The van der Waals surface area contributed by atoms with Crippen LogP contribution >= 0.6 is 0 Å². The van der Waals surface area contributed by atoms with Gasteiger partial charge in [0.15, 0.2) is 11.5 Å². The molecule has 0 spiro atoms. The Labute approximate surface area is 151 Å². The Morgan fingerprint density at radius 1 is 1.12 bits per heavy atom. The highest BCUT2D eigenvalue weighted by Gasteiger charge is 2.23. The van der Waals surface area contributed by atoms with Crippen LogP contribution in [0.25, 0.3) is 11.3 Å². The van der Waals surface area contributed by atoms with Gasteiger partial charge in [0, 0.05) is 12.6 Å². The maximum Gasteiger partial charge on any atom is 0.257 e. The van der Waals surface area contributed by atoms with Gasteiger partial charge in [0.1, 0.15) is 13.2 Å². The third-order valence-electron chi connectivity index (χ3n) is 4.25. The van der Waals surface area contributed by atoms with Crippen LogP contribution in [0.2, 0.25) is 0 Å². The molecule has 0 saturated carbocycles. The van der Waals surface area contributed by atoms with E-state index in [9.17, 15) is 4.79 Å². The van der Waals surface area contributed by atoms with E-state index in [4.69, 9.17) is 9.47 Å². The number of aromatic amines is 1. The number of hydrogen-bond acceptors (Lipinski definition) is 4. The van der Waals surface area contributed by atoms with Crippen LogP contribution < -0.4 is 9.47 Å². The third-order valence-corrected chi connectivity index (χ3v) is 4.25.